The number of fused-ring (bicyclic) bond motifs is 2. The molecule has 1 aliphatic heterocycles. The lowest BCUT2D eigenvalue weighted by Gasteiger charge is -2.09. The van der Waals surface area contributed by atoms with Crippen LogP contribution in [0.1, 0.15) is 22.8 Å². The van der Waals surface area contributed by atoms with E-state index in [-0.39, 0.29) is 18.5 Å². The minimum Gasteiger partial charge on any atom is -0.454 e. The van der Waals surface area contributed by atoms with Gasteiger partial charge in [0.05, 0.1) is 5.69 Å². The highest BCUT2D eigenvalue weighted by Crippen LogP contribution is 2.37. The predicted octanol–water partition coefficient (Wildman–Crippen LogP) is 4.42. The molecule has 0 radical (unpaired) electrons. The minimum absolute atomic E-state index is 0.102. The van der Waals surface area contributed by atoms with Crippen molar-refractivity contribution in [2.75, 3.05) is 12.1 Å². The second-order valence-electron chi connectivity index (χ2n) is 6.20. The molecule has 27 heavy (non-hydrogen) atoms. The van der Waals surface area contributed by atoms with Gasteiger partial charge in [-0.1, -0.05) is 42.5 Å². The van der Waals surface area contributed by atoms with Gasteiger partial charge in [0.1, 0.15) is 0 Å². The number of hydrogen-bond donors (Lipinski definition) is 1. The maximum absolute atomic E-state index is 12.4. The highest BCUT2D eigenvalue weighted by Gasteiger charge is 2.19. The summed E-state index contributed by atoms with van der Waals surface area (Å²) >= 11 is 0. The van der Waals surface area contributed by atoms with E-state index in [9.17, 15) is 9.59 Å². The van der Waals surface area contributed by atoms with Gasteiger partial charge in [0.2, 0.25) is 12.7 Å². The molecule has 1 N–H and O–H groups in total. The minimum atomic E-state index is -0.329. The lowest BCUT2D eigenvalue weighted by atomic mass is 10.0. The molecule has 3 aromatic rings. The van der Waals surface area contributed by atoms with Crippen LogP contribution in [0.2, 0.25) is 0 Å². The molecule has 0 unspecified atom stereocenters. The molecule has 0 aliphatic carbocycles. The summed E-state index contributed by atoms with van der Waals surface area (Å²) in [6.45, 7) is 1.55. The third-order valence-corrected chi connectivity index (χ3v) is 4.39. The van der Waals surface area contributed by atoms with Crippen molar-refractivity contribution in [2.24, 2.45) is 0 Å². The first-order valence-electron chi connectivity index (χ1n) is 8.53. The standard InChI is InChI=1S/C22H17NO4/c1-14(24)18-11-20-21(27-13-26-20)12-19(18)23-22(25)10-9-16-7-4-6-15-5-2-3-8-17(15)16/h2-12H,13H2,1H3,(H,23,25)/b10-9+. The molecule has 0 atom stereocenters. The van der Waals surface area contributed by atoms with Crippen molar-refractivity contribution in [3.63, 3.8) is 0 Å². The van der Waals surface area contributed by atoms with Crippen molar-refractivity contribution in [1.29, 1.82) is 0 Å². The van der Waals surface area contributed by atoms with Gasteiger partial charge < -0.3 is 14.8 Å². The Balaban J connectivity index is 1.59. The monoisotopic (exact) mass is 359 g/mol. The van der Waals surface area contributed by atoms with Crippen LogP contribution >= 0.6 is 0 Å². The van der Waals surface area contributed by atoms with Gasteiger partial charge >= 0.3 is 0 Å². The van der Waals surface area contributed by atoms with Crippen LogP contribution in [-0.2, 0) is 4.79 Å². The normalized spacial score (nSPS) is 12.5. The number of Topliss-reactive ketones (excluding diaryl/α,β-unsaturated/α-hetero) is 1. The first-order valence-corrected chi connectivity index (χ1v) is 8.53. The van der Waals surface area contributed by atoms with Gasteiger partial charge in [-0.2, -0.15) is 0 Å². The zero-order chi connectivity index (χ0) is 18.8. The molecule has 4 rings (SSSR count). The Hall–Kier alpha value is -3.60. The van der Waals surface area contributed by atoms with Gasteiger partial charge in [-0.15, -0.1) is 0 Å². The van der Waals surface area contributed by atoms with E-state index in [0.717, 1.165) is 16.3 Å². The second-order valence-corrected chi connectivity index (χ2v) is 6.20. The highest BCUT2D eigenvalue weighted by molar-refractivity contribution is 6.08. The molecule has 1 aliphatic rings. The van der Waals surface area contributed by atoms with E-state index >= 15 is 0 Å². The van der Waals surface area contributed by atoms with Gasteiger partial charge in [-0.3, -0.25) is 9.59 Å². The van der Waals surface area contributed by atoms with Gasteiger partial charge in [-0.05, 0) is 35.4 Å². The average molecular weight is 359 g/mol. The Morgan fingerprint density at radius 3 is 2.56 bits per heavy atom. The number of benzene rings is 3. The Kier molecular flexibility index (Phi) is 4.34. The van der Waals surface area contributed by atoms with Gasteiger partial charge in [-0.25, -0.2) is 0 Å². The summed E-state index contributed by atoms with van der Waals surface area (Å²) in [5, 5.41) is 4.93. The molecular formula is C22H17NO4. The summed E-state index contributed by atoms with van der Waals surface area (Å²) in [5.41, 5.74) is 1.73. The number of anilines is 1. The topological polar surface area (TPSA) is 64.6 Å². The Bertz CT molecular complexity index is 1080. The number of carbonyl (C=O) groups excluding carboxylic acids is 2. The Labute approximate surface area is 156 Å². The Morgan fingerprint density at radius 2 is 1.74 bits per heavy atom. The van der Waals surface area contributed by atoms with Crippen LogP contribution < -0.4 is 14.8 Å². The van der Waals surface area contributed by atoms with E-state index in [1.165, 1.54) is 13.0 Å². The number of ether oxygens (including phenoxy) is 2. The quantitative estimate of drug-likeness (QED) is 0.553. The zero-order valence-electron chi connectivity index (χ0n) is 14.7. The number of carbonyl (C=O) groups is 2. The van der Waals surface area contributed by atoms with Crippen LogP contribution in [0.4, 0.5) is 5.69 Å². The molecule has 5 heteroatoms. The first kappa shape index (κ1) is 16.8. The second kappa shape index (κ2) is 6.96. The fourth-order valence-electron chi connectivity index (χ4n) is 3.07. The summed E-state index contributed by atoms with van der Waals surface area (Å²) in [6.07, 6.45) is 3.22. The fourth-order valence-corrected chi connectivity index (χ4v) is 3.07. The third-order valence-electron chi connectivity index (χ3n) is 4.39. The van der Waals surface area contributed by atoms with Crippen molar-refractivity contribution in [3.8, 4) is 11.5 Å². The lowest BCUT2D eigenvalue weighted by molar-refractivity contribution is -0.111. The number of ketones is 1. The van der Waals surface area contributed by atoms with Crippen molar-refractivity contribution in [3.05, 3.63) is 71.8 Å². The van der Waals surface area contributed by atoms with Crippen LogP contribution in [0.3, 0.4) is 0 Å². The van der Waals surface area contributed by atoms with E-state index < -0.39 is 0 Å². The summed E-state index contributed by atoms with van der Waals surface area (Å²) in [7, 11) is 0. The Morgan fingerprint density at radius 1 is 1.00 bits per heavy atom. The molecule has 1 heterocycles. The SMILES string of the molecule is CC(=O)c1cc2c(cc1NC(=O)/C=C/c1cccc3ccccc13)OCO2. The lowest BCUT2D eigenvalue weighted by Crippen LogP contribution is -2.11. The number of nitrogens with one attached hydrogen (secondary N) is 1. The number of rotatable bonds is 4. The van der Waals surface area contributed by atoms with Crippen molar-refractivity contribution in [2.45, 2.75) is 6.92 Å². The molecule has 0 fully saturated rings. The van der Waals surface area contributed by atoms with Gasteiger partial charge in [0.15, 0.2) is 17.3 Å². The highest BCUT2D eigenvalue weighted by atomic mass is 16.7. The van der Waals surface area contributed by atoms with E-state index in [2.05, 4.69) is 5.32 Å². The molecule has 134 valence electrons. The fraction of sp³-hybridized carbons (Fsp3) is 0.0909. The summed E-state index contributed by atoms with van der Waals surface area (Å²) < 4.78 is 10.6. The molecule has 5 nitrogen and oxygen atoms in total. The summed E-state index contributed by atoms with van der Waals surface area (Å²) in [6, 6.07) is 17.1. The molecule has 3 aromatic carbocycles. The van der Waals surface area contributed by atoms with Crippen LogP contribution in [0.25, 0.3) is 16.8 Å². The molecular weight excluding hydrogens is 342 g/mol. The molecule has 0 aromatic heterocycles. The zero-order valence-corrected chi connectivity index (χ0v) is 14.7. The first-order chi connectivity index (χ1) is 13.1. The summed E-state index contributed by atoms with van der Waals surface area (Å²) in [5.74, 6) is 0.517. The van der Waals surface area contributed by atoms with E-state index in [0.29, 0.717) is 22.7 Å². The van der Waals surface area contributed by atoms with E-state index in [1.54, 1.807) is 18.2 Å². The average Bonchev–Trinajstić information content (AvgIpc) is 3.13. The third kappa shape index (κ3) is 3.40. The van der Waals surface area contributed by atoms with Crippen molar-refractivity contribution in [1.82, 2.24) is 0 Å². The largest absolute Gasteiger partial charge is 0.454 e. The maximum Gasteiger partial charge on any atom is 0.248 e. The molecule has 0 saturated carbocycles. The van der Waals surface area contributed by atoms with Crippen molar-refractivity contribution < 1.29 is 19.1 Å². The van der Waals surface area contributed by atoms with Crippen LogP contribution in [-0.4, -0.2) is 18.5 Å². The van der Waals surface area contributed by atoms with Crippen LogP contribution in [0, 0.1) is 0 Å². The maximum atomic E-state index is 12.4. The van der Waals surface area contributed by atoms with E-state index in [1.807, 2.05) is 42.5 Å². The predicted molar refractivity (Wildman–Crippen MR) is 104 cm³/mol. The molecule has 0 saturated heterocycles. The van der Waals surface area contributed by atoms with Crippen LogP contribution in [0.5, 0.6) is 11.5 Å². The van der Waals surface area contributed by atoms with Gasteiger partial charge in [0.25, 0.3) is 0 Å². The molecule has 1 amide bonds. The number of hydrogen-bond acceptors (Lipinski definition) is 4. The molecule has 0 spiro atoms. The van der Waals surface area contributed by atoms with E-state index in [4.69, 9.17) is 9.47 Å². The van der Waals surface area contributed by atoms with Crippen LogP contribution in [0.15, 0.2) is 60.7 Å². The summed E-state index contributed by atoms with van der Waals surface area (Å²) in [4.78, 5) is 24.3. The molecule has 0 bridgehead atoms. The van der Waals surface area contributed by atoms with Crippen molar-refractivity contribution >= 4 is 34.2 Å². The number of amides is 1. The smallest absolute Gasteiger partial charge is 0.248 e. The van der Waals surface area contributed by atoms with Gasteiger partial charge in [0, 0.05) is 17.7 Å².